The number of benzene rings is 1. The lowest BCUT2D eigenvalue weighted by Crippen LogP contribution is -2.11. The Kier molecular flexibility index (Phi) is 3.76. The molecule has 1 heterocycles. The summed E-state index contributed by atoms with van der Waals surface area (Å²) in [5, 5.41) is 2.96. The van der Waals surface area contributed by atoms with Crippen LogP contribution in [0.1, 0.15) is 29.2 Å². The maximum absolute atomic E-state index is 6.19. The van der Waals surface area contributed by atoms with E-state index in [2.05, 4.69) is 4.98 Å². The van der Waals surface area contributed by atoms with Gasteiger partial charge in [-0.25, -0.2) is 4.98 Å². The number of aryl methyl sites for hydroxylation is 1. The number of aromatic nitrogens is 1. The van der Waals surface area contributed by atoms with Crippen LogP contribution in [-0.4, -0.2) is 11.6 Å². The second-order valence-corrected chi connectivity index (χ2v) is 4.70. The van der Waals surface area contributed by atoms with Gasteiger partial charge in [-0.15, -0.1) is 11.3 Å². The average molecular weight is 248 g/mol. The van der Waals surface area contributed by atoms with Gasteiger partial charge in [0.1, 0.15) is 10.8 Å². The molecule has 0 fully saturated rings. The molecule has 0 amide bonds. The Morgan fingerprint density at radius 2 is 2.29 bits per heavy atom. The van der Waals surface area contributed by atoms with Crippen molar-refractivity contribution in [2.45, 2.75) is 19.9 Å². The molecule has 2 aromatic rings. The predicted molar refractivity (Wildman–Crippen MR) is 70.5 cm³/mol. The van der Waals surface area contributed by atoms with Crippen LogP contribution >= 0.6 is 11.3 Å². The first kappa shape index (κ1) is 12.1. The molecule has 1 unspecified atom stereocenters. The zero-order chi connectivity index (χ0) is 12.3. The lowest BCUT2D eigenvalue weighted by Gasteiger charge is -2.11. The van der Waals surface area contributed by atoms with Crippen LogP contribution in [0.25, 0.3) is 0 Å². The highest BCUT2D eigenvalue weighted by atomic mass is 32.1. The molecule has 2 rings (SSSR count). The molecule has 0 aliphatic heterocycles. The van der Waals surface area contributed by atoms with E-state index in [1.54, 1.807) is 11.3 Å². The fraction of sp³-hybridized carbons (Fsp3) is 0.308. The molecule has 0 saturated heterocycles. The summed E-state index contributed by atoms with van der Waals surface area (Å²) in [5.74, 6) is 0.855. The van der Waals surface area contributed by atoms with E-state index in [9.17, 15) is 0 Å². The van der Waals surface area contributed by atoms with Gasteiger partial charge in [-0.1, -0.05) is 12.1 Å². The number of nitrogens with two attached hydrogens (primary N) is 1. The molecule has 0 aliphatic rings. The molecule has 0 spiro atoms. The van der Waals surface area contributed by atoms with Crippen LogP contribution in [0.2, 0.25) is 0 Å². The summed E-state index contributed by atoms with van der Waals surface area (Å²) in [6.45, 7) is 4.61. The zero-order valence-electron chi connectivity index (χ0n) is 10.0. The van der Waals surface area contributed by atoms with Crippen LogP contribution in [0, 0.1) is 6.92 Å². The topological polar surface area (TPSA) is 48.1 Å². The van der Waals surface area contributed by atoms with Gasteiger partial charge in [0, 0.05) is 11.1 Å². The minimum Gasteiger partial charge on any atom is -0.494 e. The summed E-state index contributed by atoms with van der Waals surface area (Å²) in [6.07, 6.45) is 0. The van der Waals surface area contributed by atoms with Gasteiger partial charge in [0.25, 0.3) is 0 Å². The predicted octanol–water partition coefficient (Wildman–Crippen LogP) is 2.90. The van der Waals surface area contributed by atoms with Crippen molar-refractivity contribution in [3.63, 3.8) is 0 Å². The van der Waals surface area contributed by atoms with Crippen LogP contribution in [0.4, 0.5) is 0 Å². The standard InChI is InChI=1S/C13H16N2OS/c1-3-16-11-6-4-5-10(7-11)12(14)13-15-9(2)8-17-13/h4-8,12H,3,14H2,1-2H3. The van der Waals surface area contributed by atoms with Crippen LogP contribution < -0.4 is 10.5 Å². The summed E-state index contributed by atoms with van der Waals surface area (Å²) in [4.78, 5) is 4.42. The fourth-order valence-corrected chi connectivity index (χ4v) is 2.45. The lowest BCUT2D eigenvalue weighted by atomic mass is 10.1. The van der Waals surface area contributed by atoms with Crippen molar-refractivity contribution >= 4 is 11.3 Å². The molecule has 90 valence electrons. The normalized spacial score (nSPS) is 12.4. The number of thiazole rings is 1. The van der Waals surface area contributed by atoms with Crippen molar-refractivity contribution in [2.75, 3.05) is 6.61 Å². The van der Waals surface area contributed by atoms with Gasteiger partial charge < -0.3 is 10.5 Å². The summed E-state index contributed by atoms with van der Waals surface area (Å²) < 4.78 is 5.47. The Balaban J connectivity index is 2.24. The van der Waals surface area contributed by atoms with Crippen LogP contribution in [-0.2, 0) is 0 Å². The van der Waals surface area contributed by atoms with Crippen LogP contribution in [0.3, 0.4) is 0 Å². The first-order chi connectivity index (χ1) is 8.20. The van der Waals surface area contributed by atoms with Gasteiger partial charge in [-0.05, 0) is 31.5 Å². The molecule has 17 heavy (non-hydrogen) atoms. The Labute approximate surface area is 105 Å². The molecule has 0 aliphatic carbocycles. The van der Waals surface area contributed by atoms with Crippen LogP contribution in [0.5, 0.6) is 5.75 Å². The Hall–Kier alpha value is -1.39. The highest BCUT2D eigenvalue weighted by molar-refractivity contribution is 7.09. The van der Waals surface area contributed by atoms with Crippen LogP contribution in [0.15, 0.2) is 29.6 Å². The van der Waals surface area contributed by atoms with Crippen molar-refractivity contribution in [1.82, 2.24) is 4.98 Å². The molecule has 1 aromatic carbocycles. The smallest absolute Gasteiger partial charge is 0.119 e. The highest BCUT2D eigenvalue weighted by Gasteiger charge is 2.12. The lowest BCUT2D eigenvalue weighted by molar-refractivity contribution is 0.340. The van der Waals surface area contributed by atoms with Gasteiger partial charge in [0.15, 0.2) is 0 Å². The van der Waals surface area contributed by atoms with E-state index >= 15 is 0 Å². The second-order valence-electron chi connectivity index (χ2n) is 3.81. The fourth-order valence-electron chi connectivity index (χ4n) is 1.62. The maximum atomic E-state index is 6.19. The first-order valence-electron chi connectivity index (χ1n) is 5.61. The van der Waals surface area contributed by atoms with E-state index in [-0.39, 0.29) is 6.04 Å². The van der Waals surface area contributed by atoms with Crippen molar-refractivity contribution < 1.29 is 4.74 Å². The number of rotatable bonds is 4. The van der Waals surface area contributed by atoms with E-state index in [1.165, 1.54) is 0 Å². The minimum atomic E-state index is -0.172. The molecule has 3 nitrogen and oxygen atoms in total. The third-order valence-corrected chi connectivity index (χ3v) is 3.48. The number of hydrogen-bond donors (Lipinski definition) is 1. The van der Waals surface area contributed by atoms with E-state index in [0.717, 1.165) is 22.0 Å². The quantitative estimate of drug-likeness (QED) is 0.905. The van der Waals surface area contributed by atoms with Gasteiger partial charge in [-0.2, -0.15) is 0 Å². The first-order valence-corrected chi connectivity index (χ1v) is 6.49. The summed E-state index contributed by atoms with van der Waals surface area (Å²) >= 11 is 1.59. The number of ether oxygens (including phenoxy) is 1. The second kappa shape index (κ2) is 5.29. The van der Waals surface area contributed by atoms with Gasteiger partial charge in [0.2, 0.25) is 0 Å². The van der Waals surface area contributed by atoms with E-state index in [0.29, 0.717) is 6.61 Å². The average Bonchev–Trinajstić information content (AvgIpc) is 2.76. The Morgan fingerprint density at radius 1 is 1.47 bits per heavy atom. The third-order valence-electron chi connectivity index (χ3n) is 2.43. The van der Waals surface area contributed by atoms with Crippen molar-refractivity contribution in [3.8, 4) is 5.75 Å². The third kappa shape index (κ3) is 2.84. The summed E-state index contributed by atoms with van der Waals surface area (Å²) in [6, 6.07) is 7.71. The molecule has 2 N–H and O–H groups in total. The number of nitrogens with zero attached hydrogens (tertiary/aromatic N) is 1. The van der Waals surface area contributed by atoms with Crippen molar-refractivity contribution in [1.29, 1.82) is 0 Å². The largest absolute Gasteiger partial charge is 0.494 e. The molecule has 0 saturated carbocycles. The van der Waals surface area contributed by atoms with Crippen molar-refractivity contribution in [2.24, 2.45) is 5.73 Å². The molecule has 4 heteroatoms. The Morgan fingerprint density at radius 3 is 2.94 bits per heavy atom. The minimum absolute atomic E-state index is 0.172. The molecule has 1 atom stereocenters. The van der Waals surface area contributed by atoms with E-state index < -0.39 is 0 Å². The van der Waals surface area contributed by atoms with Gasteiger partial charge in [0.05, 0.1) is 12.6 Å². The van der Waals surface area contributed by atoms with E-state index in [1.807, 2.05) is 43.5 Å². The molecule has 1 aromatic heterocycles. The summed E-state index contributed by atoms with van der Waals surface area (Å²) in [5.41, 5.74) is 8.23. The SMILES string of the molecule is CCOc1cccc(C(N)c2nc(C)cs2)c1. The molecular formula is C13H16N2OS. The van der Waals surface area contributed by atoms with Gasteiger partial charge >= 0.3 is 0 Å². The zero-order valence-corrected chi connectivity index (χ0v) is 10.8. The van der Waals surface area contributed by atoms with E-state index in [4.69, 9.17) is 10.5 Å². The van der Waals surface area contributed by atoms with Crippen molar-refractivity contribution in [3.05, 3.63) is 45.9 Å². The Bertz CT molecular complexity index is 496. The molecule has 0 bridgehead atoms. The molecule has 0 radical (unpaired) electrons. The highest BCUT2D eigenvalue weighted by Crippen LogP contribution is 2.25. The van der Waals surface area contributed by atoms with Gasteiger partial charge in [-0.3, -0.25) is 0 Å². The molecular weight excluding hydrogens is 232 g/mol. The number of hydrogen-bond acceptors (Lipinski definition) is 4. The monoisotopic (exact) mass is 248 g/mol. The summed E-state index contributed by atoms with van der Waals surface area (Å²) in [7, 11) is 0. The maximum Gasteiger partial charge on any atom is 0.119 e.